The van der Waals surface area contributed by atoms with Crippen molar-refractivity contribution >= 4 is 5.97 Å². The third-order valence-corrected chi connectivity index (χ3v) is 12.3. The maximum Gasteiger partial charge on any atom is 0.306 e. The summed E-state index contributed by atoms with van der Waals surface area (Å²) in [5.74, 6) is -0.344. The number of ether oxygens (including phenoxy) is 4. The van der Waals surface area contributed by atoms with Crippen molar-refractivity contribution in [2.75, 3.05) is 26.4 Å². The van der Waals surface area contributed by atoms with Gasteiger partial charge >= 0.3 is 5.97 Å². The highest BCUT2D eigenvalue weighted by atomic mass is 16.7. The van der Waals surface area contributed by atoms with E-state index in [1.165, 1.54) is 116 Å². The standard InChI is InChI=1S/C59H102O9/c1-3-5-7-9-11-13-15-17-19-21-23-25-26-27-28-29-30-32-34-36-38-40-42-44-46-48-55(61)67-53(52-66-59-58(64)57(63)56(62)54(50-60)68-59)51-65-49-47-45-43-41-39-37-35-33-31-24-22-20-18-16-14-12-10-8-6-4-2/h5,7,11,13,17,19,23,25,27-28,30,32,36,38,53-54,56-60,62-64H,3-4,6,8-10,12,14-16,18,20-22,24,26,29,31,33-35,37,39-52H2,1-2H3/b7-5-,13-11-,19-17-,25-23-,28-27-,32-30-,38-36-. The van der Waals surface area contributed by atoms with Crippen molar-refractivity contribution < 1.29 is 44.2 Å². The van der Waals surface area contributed by atoms with Crippen LogP contribution < -0.4 is 0 Å². The molecule has 68 heavy (non-hydrogen) atoms. The lowest BCUT2D eigenvalue weighted by molar-refractivity contribution is -0.305. The van der Waals surface area contributed by atoms with Gasteiger partial charge in [0.1, 0.15) is 30.5 Å². The van der Waals surface area contributed by atoms with E-state index in [2.05, 4.69) is 98.9 Å². The van der Waals surface area contributed by atoms with E-state index in [0.717, 1.165) is 77.0 Å². The van der Waals surface area contributed by atoms with E-state index >= 15 is 0 Å². The minimum Gasteiger partial charge on any atom is -0.457 e. The lowest BCUT2D eigenvalue weighted by Crippen LogP contribution is -2.59. The minimum absolute atomic E-state index is 0.129. The van der Waals surface area contributed by atoms with Crippen molar-refractivity contribution in [2.45, 2.75) is 256 Å². The Labute approximate surface area is 416 Å². The molecule has 0 aromatic rings. The van der Waals surface area contributed by atoms with Crippen LogP contribution in [0.1, 0.15) is 219 Å². The summed E-state index contributed by atoms with van der Waals surface area (Å²) in [6.07, 6.45) is 60.5. The second-order valence-corrected chi connectivity index (χ2v) is 18.7. The first kappa shape index (κ1) is 63.4. The van der Waals surface area contributed by atoms with Gasteiger partial charge in [-0.15, -0.1) is 0 Å². The van der Waals surface area contributed by atoms with Crippen LogP contribution in [-0.4, -0.2) is 89.6 Å². The summed E-state index contributed by atoms with van der Waals surface area (Å²) in [6, 6.07) is 0. The molecule has 4 N–H and O–H groups in total. The van der Waals surface area contributed by atoms with Crippen LogP contribution in [-0.2, 0) is 23.7 Å². The Hall–Kier alpha value is -2.63. The molecule has 0 bridgehead atoms. The maximum absolute atomic E-state index is 12.9. The second kappa shape index (κ2) is 49.4. The van der Waals surface area contributed by atoms with Crippen LogP contribution in [0.2, 0.25) is 0 Å². The smallest absolute Gasteiger partial charge is 0.306 e. The number of aliphatic hydroxyl groups is 4. The highest BCUT2D eigenvalue weighted by Crippen LogP contribution is 2.23. The van der Waals surface area contributed by atoms with Crippen molar-refractivity contribution in [3.05, 3.63) is 85.1 Å². The molecule has 6 unspecified atom stereocenters. The molecule has 9 heteroatoms. The van der Waals surface area contributed by atoms with Gasteiger partial charge in [-0.05, 0) is 70.6 Å². The highest BCUT2D eigenvalue weighted by molar-refractivity contribution is 5.69. The Morgan fingerprint density at radius 2 is 0.897 bits per heavy atom. The number of rotatable bonds is 47. The predicted octanol–water partition coefficient (Wildman–Crippen LogP) is 14.1. The van der Waals surface area contributed by atoms with Crippen LogP contribution in [0, 0.1) is 0 Å². The predicted molar refractivity (Wildman–Crippen MR) is 283 cm³/mol. The molecule has 0 aromatic heterocycles. The summed E-state index contributed by atoms with van der Waals surface area (Å²) in [4.78, 5) is 12.9. The monoisotopic (exact) mass is 955 g/mol. The van der Waals surface area contributed by atoms with Crippen molar-refractivity contribution in [3.8, 4) is 0 Å². The van der Waals surface area contributed by atoms with Crippen molar-refractivity contribution in [3.63, 3.8) is 0 Å². The van der Waals surface area contributed by atoms with E-state index in [4.69, 9.17) is 18.9 Å². The van der Waals surface area contributed by atoms with Crippen LogP contribution in [0.4, 0.5) is 0 Å². The number of aliphatic hydroxyl groups excluding tert-OH is 4. The zero-order chi connectivity index (χ0) is 49.2. The molecule has 1 aliphatic heterocycles. The number of carbonyl (C=O) groups excluding carboxylic acids is 1. The first-order valence-electron chi connectivity index (χ1n) is 27.7. The van der Waals surface area contributed by atoms with Gasteiger partial charge in [-0.3, -0.25) is 4.79 Å². The Morgan fingerprint density at radius 3 is 1.34 bits per heavy atom. The van der Waals surface area contributed by atoms with Crippen LogP contribution in [0.25, 0.3) is 0 Å². The number of allylic oxidation sites excluding steroid dienone is 14. The van der Waals surface area contributed by atoms with Gasteiger partial charge in [0.2, 0.25) is 0 Å². The minimum atomic E-state index is -1.55. The molecular formula is C59H102O9. The Morgan fingerprint density at radius 1 is 0.485 bits per heavy atom. The van der Waals surface area contributed by atoms with Gasteiger partial charge in [-0.25, -0.2) is 0 Å². The van der Waals surface area contributed by atoms with E-state index in [9.17, 15) is 25.2 Å². The van der Waals surface area contributed by atoms with Gasteiger partial charge in [0.05, 0.1) is 19.8 Å². The van der Waals surface area contributed by atoms with Crippen LogP contribution in [0.5, 0.6) is 0 Å². The highest BCUT2D eigenvalue weighted by Gasteiger charge is 2.44. The lowest BCUT2D eigenvalue weighted by Gasteiger charge is -2.39. The van der Waals surface area contributed by atoms with Crippen molar-refractivity contribution in [1.82, 2.24) is 0 Å². The largest absolute Gasteiger partial charge is 0.457 e. The molecule has 6 atom stereocenters. The molecule has 392 valence electrons. The van der Waals surface area contributed by atoms with E-state index in [0.29, 0.717) is 13.0 Å². The van der Waals surface area contributed by atoms with E-state index in [1.807, 2.05) is 0 Å². The third kappa shape index (κ3) is 39.1. The molecule has 1 aliphatic rings. The molecule has 9 nitrogen and oxygen atoms in total. The SMILES string of the molecule is CC/C=C\C/C=C\C/C=C\C/C=C\C/C=C\C/C=C\C/C=C\CCCCCC(=O)OC(COCCCCCCCCCCCCCCCCCCCCCC)COC1OC(CO)C(O)C(O)C1O. The normalized spacial score (nSPS) is 19.8. The molecule has 0 aromatic carbocycles. The van der Waals surface area contributed by atoms with Gasteiger partial charge < -0.3 is 39.4 Å². The van der Waals surface area contributed by atoms with Crippen molar-refractivity contribution in [1.29, 1.82) is 0 Å². The number of hydrogen-bond donors (Lipinski definition) is 4. The Bertz CT molecular complexity index is 1320. The number of unbranched alkanes of at least 4 members (excludes halogenated alkanes) is 22. The van der Waals surface area contributed by atoms with E-state index < -0.39 is 43.4 Å². The van der Waals surface area contributed by atoms with Gasteiger partial charge in [-0.1, -0.05) is 227 Å². The number of hydrogen-bond acceptors (Lipinski definition) is 9. The molecule has 1 saturated heterocycles. The zero-order valence-corrected chi connectivity index (χ0v) is 43.3. The molecule has 1 fully saturated rings. The summed E-state index contributed by atoms with van der Waals surface area (Å²) in [7, 11) is 0. The van der Waals surface area contributed by atoms with Gasteiger partial charge in [0.25, 0.3) is 0 Å². The van der Waals surface area contributed by atoms with Gasteiger partial charge in [-0.2, -0.15) is 0 Å². The summed E-state index contributed by atoms with van der Waals surface area (Å²) in [5.41, 5.74) is 0. The fourth-order valence-electron chi connectivity index (χ4n) is 8.06. The molecule has 0 aliphatic carbocycles. The van der Waals surface area contributed by atoms with Crippen LogP contribution in [0.3, 0.4) is 0 Å². The average Bonchev–Trinajstić information content (AvgIpc) is 3.34. The van der Waals surface area contributed by atoms with E-state index in [1.54, 1.807) is 0 Å². The summed E-state index contributed by atoms with van der Waals surface area (Å²) in [5, 5.41) is 40.3. The molecular weight excluding hydrogens is 853 g/mol. The second-order valence-electron chi connectivity index (χ2n) is 18.7. The molecule has 1 rings (SSSR count). The Kier molecular flexibility index (Phi) is 46.0. The molecule has 0 radical (unpaired) electrons. The maximum atomic E-state index is 12.9. The van der Waals surface area contributed by atoms with Gasteiger partial charge in [0, 0.05) is 13.0 Å². The summed E-state index contributed by atoms with van der Waals surface area (Å²) >= 11 is 0. The molecule has 0 saturated carbocycles. The lowest BCUT2D eigenvalue weighted by atomic mass is 9.99. The topological polar surface area (TPSA) is 135 Å². The number of esters is 1. The fraction of sp³-hybridized carbons (Fsp3) is 0.746. The zero-order valence-electron chi connectivity index (χ0n) is 43.3. The van der Waals surface area contributed by atoms with Crippen LogP contribution in [0.15, 0.2) is 85.1 Å². The summed E-state index contributed by atoms with van der Waals surface area (Å²) in [6.45, 7) is 4.43. The van der Waals surface area contributed by atoms with Crippen molar-refractivity contribution in [2.24, 2.45) is 0 Å². The molecule has 0 spiro atoms. The first-order valence-corrected chi connectivity index (χ1v) is 27.7. The van der Waals surface area contributed by atoms with E-state index in [-0.39, 0.29) is 25.6 Å². The molecule has 0 amide bonds. The molecule has 1 heterocycles. The van der Waals surface area contributed by atoms with Gasteiger partial charge in [0.15, 0.2) is 6.29 Å². The van der Waals surface area contributed by atoms with Crippen LogP contribution >= 0.6 is 0 Å². The quantitative estimate of drug-likeness (QED) is 0.0267. The first-order chi connectivity index (χ1) is 33.4. The Balaban J connectivity index is 2.22. The fourth-order valence-corrected chi connectivity index (χ4v) is 8.06. The number of carbonyl (C=O) groups is 1. The summed E-state index contributed by atoms with van der Waals surface area (Å²) < 4.78 is 22.9. The third-order valence-electron chi connectivity index (χ3n) is 12.3. The average molecular weight is 955 g/mol.